The zero-order chi connectivity index (χ0) is 12.4. The molecule has 1 aromatic carbocycles. The van der Waals surface area contributed by atoms with E-state index in [2.05, 4.69) is 16.4 Å². The van der Waals surface area contributed by atoms with Crippen LogP contribution in [-0.2, 0) is 11.3 Å². The standard InChI is InChI=1S/C12H13N3O2/c1-8-3-4-10(9(2)5-8)11-6-15(14-13-11)7-12(16)17/h3-6H,7H2,1-2H3,(H,16,17). The fourth-order valence-electron chi connectivity index (χ4n) is 1.74. The zero-order valence-electron chi connectivity index (χ0n) is 9.71. The van der Waals surface area contributed by atoms with Gasteiger partial charge < -0.3 is 5.11 Å². The summed E-state index contributed by atoms with van der Waals surface area (Å²) >= 11 is 0. The smallest absolute Gasteiger partial charge is 0.325 e. The maximum atomic E-state index is 10.5. The summed E-state index contributed by atoms with van der Waals surface area (Å²) in [5, 5.41) is 16.4. The van der Waals surface area contributed by atoms with Gasteiger partial charge >= 0.3 is 5.97 Å². The van der Waals surface area contributed by atoms with E-state index in [1.807, 2.05) is 26.0 Å². The largest absolute Gasteiger partial charge is 0.480 e. The maximum absolute atomic E-state index is 10.5. The van der Waals surface area contributed by atoms with Crippen molar-refractivity contribution in [3.8, 4) is 11.3 Å². The normalized spacial score (nSPS) is 10.5. The fourth-order valence-corrected chi connectivity index (χ4v) is 1.74. The number of benzene rings is 1. The summed E-state index contributed by atoms with van der Waals surface area (Å²) in [5.41, 5.74) is 3.97. The van der Waals surface area contributed by atoms with Gasteiger partial charge in [-0.15, -0.1) is 5.10 Å². The summed E-state index contributed by atoms with van der Waals surface area (Å²) in [6, 6.07) is 6.03. The first-order valence-electron chi connectivity index (χ1n) is 5.26. The van der Waals surface area contributed by atoms with Crippen molar-refractivity contribution in [2.24, 2.45) is 0 Å². The molecule has 1 aromatic heterocycles. The number of carbonyl (C=O) groups is 1. The summed E-state index contributed by atoms with van der Waals surface area (Å²) in [5.74, 6) is -0.929. The molecule has 0 saturated heterocycles. The molecule has 0 radical (unpaired) electrons. The molecule has 1 heterocycles. The zero-order valence-corrected chi connectivity index (χ0v) is 9.71. The highest BCUT2D eigenvalue weighted by atomic mass is 16.4. The predicted octanol–water partition coefficient (Wildman–Crippen LogP) is 1.65. The topological polar surface area (TPSA) is 68.0 Å². The molecule has 0 aliphatic heterocycles. The van der Waals surface area contributed by atoms with Crippen molar-refractivity contribution in [2.45, 2.75) is 20.4 Å². The van der Waals surface area contributed by atoms with Crippen molar-refractivity contribution < 1.29 is 9.90 Å². The van der Waals surface area contributed by atoms with E-state index in [9.17, 15) is 4.79 Å². The third-order valence-corrected chi connectivity index (χ3v) is 2.49. The highest BCUT2D eigenvalue weighted by Gasteiger charge is 2.08. The number of carboxylic acid groups (broad SMARTS) is 1. The Morgan fingerprint density at radius 3 is 2.82 bits per heavy atom. The van der Waals surface area contributed by atoms with E-state index < -0.39 is 5.97 Å². The van der Waals surface area contributed by atoms with Crippen LogP contribution in [-0.4, -0.2) is 26.1 Å². The number of aryl methyl sites for hydroxylation is 2. The quantitative estimate of drug-likeness (QED) is 0.872. The summed E-state index contributed by atoms with van der Waals surface area (Å²) < 4.78 is 1.32. The van der Waals surface area contributed by atoms with Gasteiger partial charge in [0.2, 0.25) is 0 Å². The van der Waals surface area contributed by atoms with Crippen molar-refractivity contribution in [1.29, 1.82) is 0 Å². The van der Waals surface area contributed by atoms with Crippen molar-refractivity contribution >= 4 is 5.97 Å². The third-order valence-electron chi connectivity index (χ3n) is 2.49. The molecule has 5 heteroatoms. The van der Waals surface area contributed by atoms with E-state index in [1.165, 1.54) is 10.2 Å². The van der Waals surface area contributed by atoms with Gasteiger partial charge in [0.1, 0.15) is 12.2 Å². The molecule has 0 spiro atoms. The molecule has 0 amide bonds. The van der Waals surface area contributed by atoms with Crippen LogP contribution in [0.25, 0.3) is 11.3 Å². The first-order chi connectivity index (χ1) is 8.06. The Bertz CT molecular complexity index is 561. The average molecular weight is 231 g/mol. The van der Waals surface area contributed by atoms with Crippen LogP contribution in [0.15, 0.2) is 24.4 Å². The van der Waals surface area contributed by atoms with Crippen LogP contribution in [0.4, 0.5) is 0 Å². The Morgan fingerprint density at radius 2 is 2.18 bits per heavy atom. The third kappa shape index (κ3) is 2.50. The van der Waals surface area contributed by atoms with E-state index in [0.29, 0.717) is 5.69 Å². The first kappa shape index (κ1) is 11.3. The lowest BCUT2D eigenvalue weighted by Crippen LogP contribution is -2.08. The fraction of sp³-hybridized carbons (Fsp3) is 0.250. The minimum atomic E-state index is -0.929. The number of rotatable bonds is 3. The van der Waals surface area contributed by atoms with Gasteiger partial charge in [0, 0.05) is 5.56 Å². The minimum absolute atomic E-state index is 0.169. The van der Waals surface area contributed by atoms with E-state index >= 15 is 0 Å². The first-order valence-corrected chi connectivity index (χ1v) is 5.26. The van der Waals surface area contributed by atoms with Crippen LogP contribution >= 0.6 is 0 Å². The molecule has 0 saturated carbocycles. The number of carboxylic acids is 1. The Hall–Kier alpha value is -2.17. The number of hydrogen-bond acceptors (Lipinski definition) is 3. The summed E-state index contributed by atoms with van der Waals surface area (Å²) in [6.07, 6.45) is 1.64. The minimum Gasteiger partial charge on any atom is -0.480 e. The molecule has 17 heavy (non-hydrogen) atoms. The van der Waals surface area contributed by atoms with Crippen LogP contribution in [0.2, 0.25) is 0 Å². The van der Waals surface area contributed by atoms with Crippen LogP contribution in [0, 0.1) is 13.8 Å². The molecule has 1 N–H and O–H groups in total. The highest BCUT2D eigenvalue weighted by molar-refractivity contribution is 5.67. The van der Waals surface area contributed by atoms with Crippen LogP contribution in [0.3, 0.4) is 0 Å². The lowest BCUT2D eigenvalue weighted by Gasteiger charge is -2.02. The van der Waals surface area contributed by atoms with Crippen molar-refractivity contribution in [2.75, 3.05) is 0 Å². The van der Waals surface area contributed by atoms with Crippen molar-refractivity contribution in [3.05, 3.63) is 35.5 Å². The highest BCUT2D eigenvalue weighted by Crippen LogP contribution is 2.21. The average Bonchev–Trinajstić information content (AvgIpc) is 2.65. The summed E-state index contributed by atoms with van der Waals surface area (Å²) in [4.78, 5) is 10.5. The molecule has 0 bridgehead atoms. The van der Waals surface area contributed by atoms with Gasteiger partial charge in [0.25, 0.3) is 0 Å². The van der Waals surface area contributed by atoms with Gasteiger partial charge in [-0.25, -0.2) is 4.68 Å². The lowest BCUT2D eigenvalue weighted by molar-refractivity contribution is -0.137. The number of hydrogen-bond donors (Lipinski definition) is 1. The molecular weight excluding hydrogens is 218 g/mol. The molecule has 0 atom stereocenters. The second-order valence-electron chi connectivity index (χ2n) is 4.01. The predicted molar refractivity (Wildman–Crippen MR) is 62.6 cm³/mol. The van der Waals surface area contributed by atoms with Crippen LogP contribution in [0.1, 0.15) is 11.1 Å². The van der Waals surface area contributed by atoms with Gasteiger partial charge in [-0.05, 0) is 19.4 Å². The molecule has 0 fully saturated rings. The summed E-state index contributed by atoms with van der Waals surface area (Å²) in [7, 11) is 0. The molecule has 88 valence electrons. The van der Waals surface area contributed by atoms with Gasteiger partial charge in [-0.3, -0.25) is 4.79 Å². The lowest BCUT2D eigenvalue weighted by atomic mass is 10.0. The summed E-state index contributed by atoms with van der Waals surface area (Å²) in [6.45, 7) is 3.86. The maximum Gasteiger partial charge on any atom is 0.325 e. The molecule has 0 unspecified atom stereocenters. The van der Waals surface area contributed by atoms with E-state index in [-0.39, 0.29) is 6.54 Å². The number of nitrogens with zero attached hydrogens (tertiary/aromatic N) is 3. The van der Waals surface area contributed by atoms with Crippen LogP contribution in [0.5, 0.6) is 0 Å². The molecule has 0 aliphatic carbocycles. The second-order valence-corrected chi connectivity index (χ2v) is 4.01. The molecule has 2 aromatic rings. The van der Waals surface area contributed by atoms with Gasteiger partial charge in [0.05, 0.1) is 6.20 Å². The monoisotopic (exact) mass is 231 g/mol. The molecule has 2 rings (SSSR count). The molecule has 0 aliphatic rings. The number of aromatic nitrogens is 3. The SMILES string of the molecule is Cc1ccc(-c2cn(CC(=O)O)nn2)c(C)c1. The van der Waals surface area contributed by atoms with E-state index in [4.69, 9.17) is 5.11 Å². The molecular formula is C12H13N3O2. The second kappa shape index (κ2) is 4.37. The molecule has 5 nitrogen and oxygen atoms in total. The van der Waals surface area contributed by atoms with E-state index in [0.717, 1.165) is 11.1 Å². The van der Waals surface area contributed by atoms with Crippen molar-refractivity contribution in [3.63, 3.8) is 0 Å². The Balaban J connectivity index is 2.33. The van der Waals surface area contributed by atoms with E-state index in [1.54, 1.807) is 6.20 Å². The van der Waals surface area contributed by atoms with Gasteiger partial charge in [-0.2, -0.15) is 0 Å². The Kier molecular flexibility index (Phi) is 2.91. The van der Waals surface area contributed by atoms with Crippen molar-refractivity contribution in [1.82, 2.24) is 15.0 Å². The van der Waals surface area contributed by atoms with Crippen LogP contribution < -0.4 is 0 Å². The Morgan fingerprint density at radius 1 is 1.41 bits per heavy atom. The Labute approximate surface area is 98.7 Å². The number of aliphatic carboxylic acids is 1. The van der Waals surface area contributed by atoms with Gasteiger partial charge in [-0.1, -0.05) is 29.0 Å². The van der Waals surface area contributed by atoms with Gasteiger partial charge in [0.15, 0.2) is 0 Å².